The van der Waals surface area contributed by atoms with E-state index in [1.807, 2.05) is 24.0 Å². The standard InChI is InChI=1S/C18H30N4O/c1-5-21(6-2)11-12-22(15(4)23)14(3)13-18(20)16-7-9-17(19)10-8-16/h7-10,14,20H,5-6,11-13,19H2,1-4H3/t14-/m1/s1. The Hall–Kier alpha value is -1.88. The average Bonchev–Trinajstić information content (AvgIpc) is 2.51. The lowest BCUT2D eigenvalue weighted by Gasteiger charge is -2.31. The second kappa shape index (κ2) is 9.30. The lowest BCUT2D eigenvalue weighted by atomic mass is 10.0. The monoisotopic (exact) mass is 318 g/mol. The Morgan fingerprint density at radius 2 is 1.74 bits per heavy atom. The molecular weight excluding hydrogens is 288 g/mol. The van der Waals surface area contributed by atoms with Gasteiger partial charge >= 0.3 is 0 Å². The highest BCUT2D eigenvalue weighted by atomic mass is 16.2. The third kappa shape index (κ3) is 6.02. The summed E-state index contributed by atoms with van der Waals surface area (Å²) in [5.74, 6) is 0.0646. The number of nitrogens with two attached hydrogens (primary N) is 1. The minimum absolute atomic E-state index is 0.00751. The van der Waals surface area contributed by atoms with Gasteiger partial charge in [-0.1, -0.05) is 26.0 Å². The van der Waals surface area contributed by atoms with Gasteiger partial charge in [0.1, 0.15) is 0 Å². The summed E-state index contributed by atoms with van der Waals surface area (Å²) in [5.41, 5.74) is 7.77. The molecule has 0 spiro atoms. The van der Waals surface area contributed by atoms with Gasteiger partial charge < -0.3 is 20.9 Å². The molecule has 1 aromatic carbocycles. The van der Waals surface area contributed by atoms with Gasteiger partial charge in [-0.3, -0.25) is 4.79 Å². The van der Waals surface area contributed by atoms with Crippen LogP contribution in [0.15, 0.2) is 24.3 Å². The molecule has 1 aromatic rings. The first-order valence-corrected chi connectivity index (χ1v) is 8.31. The molecule has 1 amide bonds. The molecule has 0 unspecified atom stereocenters. The largest absolute Gasteiger partial charge is 0.399 e. The summed E-state index contributed by atoms with van der Waals surface area (Å²) in [4.78, 5) is 16.1. The third-order valence-corrected chi connectivity index (χ3v) is 4.25. The Morgan fingerprint density at radius 1 is 1.17 bits per heavy atom. The molecule has 0 saturated carbocycles. The van der Waals surface area contributed by atoms with Crippen LogP contribution in [-0.4, -0.2) is 53.6 Å². The number of rotatable bonds is 9. The molecule has 0 aromatic heterocycles. The maximum Gasteiger partial charge on any atom is 0.219 e. The van der Waals surface area contributed by atoms with Crippen LogP contribution >= 0.6 is 0 Å². The molecule has 5 nitrogen and oxygen atoms in total. The van der Waals surface area contributed by atoms with Crippen LogP contribution in [0.1, 0.15) is 39.7 Å². The van der Waals surface area contributed by atoms with Crippen LogP contribution in [0.2, 0.25) is 0 Å². The first-order chi connectivity index (χ1) is 10.9. The summed E-state index contributed by atoms with van der Waals surface area (Å²) in [7, 11) is 0. The van der Waals surface area contributed by atoms with Crippen LogP contribution < -0.4 is 5.73 Å². The molecular formula is C18H30N4O. The van der Waals surface area contributed by atoms with Crippen LogP contribution in [0.25, 0.3) is 0 Å². The molecule has 0 aliphatic heterocycles. The van der Waals surface area contributed by atoms with Gasteiger partial charge in [-0.25, -0.2) is 0 Å². The summed E-state index contributed by atoms with van der Waals surface area (Å²) in [6, 6.07) is 7.33. The Bertz CT molecular complexity index is 508. The molecule has 5 heteroatoms. The number of amides is 1. The van der Waals surface area contributed by atoms with Crippen LogP contribution in [0, 0.1) is 5.41 Å². The Morgan fingerprint density at radius 3 is 2.22 bits per heavy atom. The van der Waals surface area contributed by atoms with Crippen LogP contribution in [0.3, 0.4) is 0 Å². The van der Waals surface area contributed by atoms with Crippen molar-refractivity contribution in [1.29, 1.82) is 5.41 Å². The van der Waals surface area contributed by atoms with Crippen molar-refractivity contribution in [2.75, 3.05) is 31.9 Å². The summed E-state index contributed by atoms with van der Waals surface area (Å²) >= 11 is 0. The van der Waals surface area contributed by atoms with E-state index in [0.717, 1.165) is 25.2 Å². The second-order valence-electron chi connectivity index (χ2n) is 5.89. The molecule has 3 N–H and O–H groups in total. The number of carbonyl (C=O) groups is 1. The van der Waals surface area contributed by atoms with E-state index in [1.54, 1.807) is 19.1 Å². The fourth-order valence-electron chi connectivity index (χ4n) is 2.68. The maximum atomic E-state index is 12.0. The minimum Gasteiger partial charge on any atom is -0.399 e. The normalized spacial score (nSPS) is 12.2. The predicted octanol–water partition coefficient (Wildman–Crippen LogP) is 2.61. The van der Waals surface area contributed by atoms with Gasteiger partial charge in [-0.05, 0) is 37.7 Å². The number of nitrogen functional groups attached to an aromatic ring is 1. The molecule has 1 atom stereocenters. The Balaban J connectivity index is 2.66. The fraction of sp³-hybridized carbons (Fsp3) is 0.556. The molecule has 0 aliphatic carbocycles. The molecule has 0 fully saturated rings. The van der Waals surface area contributed by atoms with Gasteiger partial charge in [-0.2, -0.15) is 0 Å². The van der Waals surface area contributed by atoms with Crippen LogP contribution in [0.5, 0.6) is 0 Å². The zero-order chi connectivity index (χ0) is 17.4. The molecule has 0 saturated heterocycles. The average molecular weight is 318 g/mol. The summed E-state index contributed by atoms with van der Waals surface area (Å²) < 4.78 is 0. The number of benzene rings is 1. The molecule has 0 radical (unpaired) electrons. The van der Waals surface area contributed by atoms with Gasteiger partial charge in [0.15, 0.2) is 0 Å². The van der Waals surface area contributed by atoms with Crippen molar-refractivity contribution >= 4 is 17.3 Å². The van der Waals surface area contributed by atoms with Gasteiger partial charge in [0.2, 0.25) is 5.91 Å². The number of likely N-dealkylation sites (N-methyl/N-ethyl adjacent to an activating group) is 1. The highest BCUT2D eigenvalue weighted by molar-refractivity contribution is 5.99. The SMILES string of the molecule is CCN(CC)CCN(C(C)=O)[C@H](C)CC(=N)c1ccc(N)cc1. The summed E-state index contributed by atoms with van der Waals surface area (Å²) in [6.07, 6.45) is 0.543. The maximum absolute atomic E-state index is 12.0. The number of hydrogen-bond donors (Lipinski definition) is 2. The van der Waals surface area contributed by atoms with Gasteiger partial charge in [-0.15, -0.1) is 0 Å². The van der Waals surface area contributed by atoms with E-state index in [-0.39, 0.29) is 11.9 Å². The number of nitrogens with zero attached hydrogens (tertiary/aromatic N) is 2. The smallest absolute Gasteiger partial charge is 0.219 e. The van der Waals surface area contributed by atoms with Crippen molar-refractivity contribution in [3.8, 4) is 0 Å². The third-order valence-electron chi connectivity index (χ3n) is 4.25. The minimum atomic E-state index is 0.00751. The van der Waals surface area contributed by atoms with E-state index in [2.05, 4.69) is 18.7 Å². The first kappa shape index (κ1) is 19.2. The summed E-state index contributed by atoms with van der Waals surface area (Å²) in [6.45, 7) is 11.4. The quantitative estimate of drug-likeness (QED) is 0.543. The van der Waals surface area contributed by atoms with Gasteiger partial charge in [0.05, 0.1) is 0 Å². The number of nitrogens with one attached hydrogen (secondary N) is 1. The van der Waals surface area contributed by atoms with E-state index in [1.165, 1.54) is 0 Å². The Labute approximate surface area is 140 Å². The van der Waals surface area contributed by atoms with Crippen LogP contribution in [-0.2, 0) is 4.79 Å². The predicted molar refractivity (Wildman–Crippen MR) is 96.9 cm³/mol. The number of anilines is 1. The lowest BCUT2D eigenvalue weighted by Crippen LogP contribution is -2.43. The molecule has 0 heterocycles. The van der Waals surface area contributed by atoms with E-state index in [9.17, 15) is 4.79 Å². The van der Waals surface area contributed by atoms with Crippen molar-refractivity contribution in [3.05, 3.63) is 29.8 Å². The highest BCUT2D eigenvalue weighted by Crippen LogP contribution is 2.12. The highest BCUT2D eigenvalue weighted by Gasteiger charge is 2.19. The van der Waals surface area contributed by atoms with E-state index in [0.29, 0.717) is 24.4 Å². The fourth-order valence-corrected chi connectivity index (χ4v) is 2.68. The van der Waals surface area contributed by atoms with E-state index in [4.69, 9.17) is 11.1 Å². The van der Waals surface area contributed by atoms with Crippen molar-refractivity contribution in [2.45, 2.75) is 40.2 Å². The summed E-state index contributed by atoms with van der Waals surface area (Å²) in [5, 5.41) is 8.26. The molecule has 23 heavy (non-hydrogen) atoms. The van der Waals surface area contributed by atoms with Crippen molar-refractivity contribution in [1.82, 2.24) is 9.80 Å². The van der Waals surface area contributed by atoms with Gasteiger partial charge in [0, 0.05) is 43.9 Å². The lowest BCUT2D eigenvalue weighted by molar-refractivity contribution is -0.130. The zero-order valence-corrected chi connectivity index (χ0v) is 14.8. The molecule has 0 aliphatic rings. The molecule has 128 valence electrons. The van der Waals surface area contributed by atoms with E-state index < -0.39 is 0 Å². The van der Waals surface area contributed by atoms with Gasteiger partial charge in [0.25, 0.3) is 0 Å². The molecule has 0 bridgehead atoms. The van der Waals surface area contributed by atoms with Crippen molar-refractivity contribution < 1.29 is 4.79 Å². The van der Waals surface area contributed by atoms with Crippen LogP contribution in [0.4, 0.5) is 5.69 Å². The van der Waals surface area contributed by atoms with Crippen molar-refractivity contribution in [3.63, 3.8) is 0 Å². The number of hydrogen-bond acceptors (Lipinski definition) is 4. The zero-order valence-electron chi connectivity index (χ0n) is 14.8. The van der Waals surface area contributed by atoms with Crippen molar-refractivity contribution in [2.24, 2.45) is 0 Å². The first-order valence-electron chi connectivity index (χ1n) is 8.31. The second-order valence-corrected chi connectivity index (χ2v) is 5.89. The number of carbonyl (C=O) groups excluding carboxylic acids is 1. The molecule has 1 rings (SSSR count). The van der Waals surface area contributed by atoms with E-state index >= 15 is 0 Å². The Kier molecular flexibility index (Phi) is 7.75. The topological polar surface area (TPSA) is 73.4 Å².